The zero-order valence-electron chi connectivity index (χ0n) is 11.0. The lowest BCUT2D eigenvalue weighted by Gasteiger charge is -2.15. The Labute approximate surface area is 112 Å². The van der Waals surface area contributed by atoms with E-state index in [1.165, 1.54) is 0 Å². The number of aliphatic carboxylic acids is 1. The minimum absolute atomic E-state index is 0.102. The molecule has 0 saturated heterocycles. The van der Waals surface area contributed by atoms with E-state index in [-0.39, 0.29) is 24.9 Å². The highest BCUT2D eigenvalue weighted by atomic mass is 32.2. The second kappa shape index (κ2) is 6.33. The molecule has 0 heterocycles. The smallest absolute Gasteiger partial charge is 0.307 e. The lowest BCUT2D eigenvalue weighted by Crippen LogP contribution is -2.39. The van der Waals surface area contributed by atoms with Crippen LogP contribution in [0.3, 0.4) is 0 Å². The molecule has 1 aliphatic rings. The first-order valence-electron chi connectivity index (χ1n) is 6.16. The standard InChI is InChI=1S/C11H20N2O5S/c1-7-5-8(9(6-7)11(15)16)10(14)12-3-4-13-19(2,17)18/h7-9,13H,3-6H2,1-2H3,(H,12,14)(H,15,16). The maximum Gasteiger partial charge on any atom is 0.307 e. The Morgan fingerprint density at radius 2 is 1.79 bits per heavy atom. The minimum Gasteiger partial charge on any atom is -0.481 e. The number of carbonyl (C=O) groups is 2. The van der Waals surface area contributed by atoms with Gasteiger partial charge in [-0.3, -0.25) is 9.59 Å². The Balaban J connectivity index is 2.42. The molecule has 3 N–H and O–H groups in total. The second-order valence-corrected chi connectivity index (χ2v) is 6.92. The molecule has 0 bridgehead atoms. The van der Waals surface area contributed by atoms with Crippen LogP contribution >= 0.6 is 0 Å². The molecule has 1 amide bonds. The van der Waals surface area contributed by atoms with Crippen molar-refractivity contribution in [1.29, 1.82) is 0 Å². The zero-order chi connectivity index (χ0) is 14.6. The van der Waals surface area contributed by atoms with E-state index in [2.05, 4.69) is 10.0 Å². The third kappa shape index (κ3) is 5.15. The van der Waals surface area contributed by atoms with Gasteiger partial charge in [0, 0.05) is 13.1 Å². The van der Waals surface area contributed by atoms with E-state index in [1.807, 2.05) is 6.92 Å². The quantitative estimate of drug-likeness (QED) is 0.566. The van der Waals surface area contributed by atoms with Crippen LogP contribution in [0.1, 0.15) is 19.8 Å². The molecule has 1 saturated carbocycles. The Hall–Kier alpha value is -1.15. The van der Waals surface area contributed by atoms with E-state index in [0.717, 1.165) is 6.26 Å². The Kier molecular flexibility index (Phi) is 5.30. The summed E-state index contributed by atoms with van der Waals surface area (Å²) in [7, 11) is -3.27. The summed E-state index contributed by atoms with van der Waals surface area (Å²) in [6.45, 7) is 2.18. The fraction of sp³-hybridized carbons (Fsp3) is 0.818. The summed E-state index contributed by atoms with van der Waals surface area (Å²) in [4.78, 5) is 22.9. The number of nitrogens with one attached hydrogen (secondary N) is 2. The minimum atomic E-state index is -3.27. The molecule has 0 aromatic heterocycles. The van der Waals surface area contributed by atoms with Crippen LogP contribution in [-0.4, -0.2) is 44.7 Å². The third-order valence-corrected chi connectivity index (χ3v) is 3.97. The molecule has 0 aromatic rings. The summed E-state index contributed by atoms with van der Waals surface area (Å²) in [6.07, 6.45) is 2.10. The zero-order valence-corrected chi connectivity index (χ0v) is 11.9. The van der Waals surface area contributed by atoms with Crippen molar-refractivity contribution in [3.8, 4) is 0 Å². The van der Waals surface area contributed by atoms with Crippen molar-refractivity contribution in [3.05, 3.63) is 0 Å². The predicted molar refractivity (Wildman–Crippen MR) is 68.9 cm³/mol. The van der Waals surface area contributed by atoms with Crippen molar-refractivity contribution in [2.45, 2.75) is 19.8 Å². The van der Waals surface area contributed by atoms with E-state index in [0.29, 0.717) is 12.8 Å². The topological polar surface area (TPSA) is 113 Å². The van der Waals surface area contributed by atoms with Crippen molar-refractivity contribution >= 4 is 21.9 Å². The maximum atomic E-state index is 11.9. The molecule has 3 unspecified atom stereocenters. The molecule has 1 rings (SSSR count). The van der Waals surface area contributed by atoms with Crippen LogP contribution in [0.5, 0.6) is 0 Å². The first-order chi connectivity index (χ1) is 8.70. The van der Waals surface area contributed by atoms with Crippen LogP contribution in [0.25, 0.3) is 0 Å². The van der Waals surface area contributed by atoms with Crippen LogP contribution < -0.4 is 10.0 Å². The molecule has 0 radical (unpaired) electrons. The second-order valence-electron chi connectivity index (χ2n) is 5.09. The number of amides is 1. The molecule has 0 spiro atoms. The average Bonchev–Trinajstić information content (AvgIpc) is 2.65. The SMILES string of the molecule is CC1CC(C(=O)O)C(C(=O)NCCNS(C)(=O)=O)C1. The summed E-state index contributed by atoms with van der Waals surface area (Å²) in [6, 6.07) is 0. The molecule has 19 heavy (non-hydrogen) atoms. The lowest BCUT2D eigenvalue weighted by atomic mass is 9.95. The van der Waals surface area contributed by atoms with Gasteiger partial charge in [0.05, 0.1) is 18.1 Å². The summed E-state index contributed by atoms with van der Waals surface area (Å²) in [5.41, 5.74) is 0. The number of sulfonamides is 1. The molecule has 0 aromatic carbocycles. The molecule has 1 aliphatic carbocycles. The molecule has 0 aliphatic heterocycles. The van der Waals surface area contributed by atoms with Gasteiger partial charge in [0.25, 0.3) is 0 Å². The van der Waals surface area contributed by atoms with Crippen LogP contribution in [0.2, 0.25) is 0 Å². The fourth-order valence-electron chi connectivity index (χ4n) is 2.41. The maximum absolute atomic E-state index is 11.9. The van der Waals surface area contributed by atoms with Crippen LogP contribution in [-0.2, 0) is 19.6 Å². The normalized spacial score (nSPS) is 27.2. The monoisotopic (exact) mass is 292 g/mol. The third-order valence-electron chi connectivity index (χ3n) is 3.24. The number of carbonyl (C=O) groups excluding carboxylic acids is 1. The predicted octanol–water partition coefficient (Wildman–Crippen LogP) is -0.601. The van der Waals surface area contributed by atoms with Gasteiger partial charge in [-0.2, -0.15) is 0 Å². The van der Waals surface area contributed by atoms with Gasteiger partial charge in [-0.1, -0.05) is 6.92 Å². The van der Waals surface area contributed by atoms with E-state index in [9.17, 15) is 18.0 Å². The van der Waals surface area contributed by atoms with E-state index >= 15 is 0 Å². The molecule has 7 nitrogen and oxygen atoms in total. The van der Waals surface area contributed by atoms with Crippen molar-refractivity contribution in [2.24, 2.45) is 17.8 Å². The van der Waals surface area contributed by atoms with Crippen molar-refractivity contribution < 1.29 is 23.1 Å². The Morgan fingerprint density at radius 1 is 1.21 bits per heavy atom. The first-order valence-corrected chi connectivity index (χ1v) is 8.05. The van der Waals surface area contributed by atoms with Crippen LogP contribution in [0, 0.1) is 17.8 Å². The summed E-state index contributed by atoms with van der Waals surface area (Å²) < 4.78 is 23.9. The van der Waals surface area contributed by atoms with Gasteiger partial charge in [-0.15, -0.1) is 0 Å². The summed E-state index contributed by atoms with van der Waals surface area (Å²) >= 11 is 0. The lowest BCUT2D eigenvalue weighted by molar-refractivity contribution is -0.146. The molecule has 8 heteroatoms. The van der Waals surface area contributed by atoms with Crippen molar-refractivity contribution in [1.82, 2.24) is 10.0 Å². The molecule has 3 atom stereocenters. The van der Waals surface area contributed by atoms with E-state index in [4.69, 9.17) is 5.11 Å². The van der Waals surface area contributed by atoms with Crippen molar-refractivity contribution in [3.63, 3.8) is 0 Å². The van der Waals surface area contributed by atoms with Gasteiger partial charge in [0.1, 0.15) is 0 Å². The first kappa shape index (κ1) is 15.9. The van der Waals surface area contributed by atoms with Crippen LogP contribution in [0.15, 0.2) is 0 Å². The number of hydrogen-bond acceptors (Lipinski definition) is 4. The number of rotatable bonds is 6. The number of carboxylic acid groups (broad SMARTS) is 1. The Morgan fingerprint density at radius 3 is 2.32 bits per heavy atom. The van der Waals surface area contributed by atoms with E-state index in [1.54, 1.807) is 0 Å². The van der Waals surface area contributed by atoms with Crippen molar-refractivity contribution in [2.75, 3.05) is 19.3 Å². The number of hydrogen-bond donors (Lipinski definition) is 3. The highest BCUT2D eigenvalue weighted by Gasteiger charge is 2.40. The Bertz CT molecular complexity index is 448. The fourth-order valence-corrected chi connectivity index (χ4v) is 2.88. The molecular formula is C11H20N2O5S. The largest absolute Gasteiger partial charge is 0.481 e. The van der Waals surface area contributed by atoms with Gasteiger partial charge in [-0.05, 0) is 18.8 Å². The van der Waals surface area contributed by atoms with Gasteiger partial charge >= 0.3 is 5.97 Å². The molecular weight excluding hydrogens is 272 g/mol. The van der Waals surface area contributed by atoms with E-state index < -0.39 is 27.8 Å². The number of carboxylic acids is 1. The highest BCUT2D eigenvalue weighted by molar-refractivity contribution is 7.88. The van der Waals surface area contributed by atoms with Gasteiger partial charge in [-0.25, -0.2) is 13.1 Å². The summed E-state index contributed by atoms with van der Waals surface area (Å²) in [5, 5.41) is 11.6. The highest BCUT2D eigenvalue weighted by Crippen LogP contribution is 2.36. The molecule has 110 valence electrons. The average molecular weight is 292 g/mol. The van der Waals surface area contributed by atoms with Crippen LogP contribution in [0.4, 0.5) is 0 Å². The molecule has 1 fully saturated rings. The van der Waals surface area contributed by atoms with Gasteiger partial charge < -0.3 is 10.4 Å². The summed E-state index contributed by atoms with van der Waals surface area (Å²) in [5.74, 6) is -2.21. The van der Waals surface area contributed by atoms with Gasteiger partial charge in [0.15, 0.2) is 0 Å². The van der Waals surface area contributed by atoms with Gasteiger partial charge in [0.2, 0.25) is 15.9 Å².